The molecule has 1 amide bonds. The number of thioether (sulfide) groups is 1. The zero-order chi connectivity index (χ0) is 16.8. The summed E-state index contributed by atoms with van der Waals surface area (Å²) in [6.07, 6.45) is 1.97. The van der Waals surface area contributed by atoms with Crippen molar-refractivity contribution in [2.45, 2.75) is 4.90 Å². The van der Waals surface area contributed by atoms with Crippen LogP contribution in [0.2, 0.25) is 0 Å². The Morgan fingerprint density at radius 2 is 1.61 bits per heavy atom. The third-order valence-electron chi connectivity index (χ3n) is 3.26. The van der Waals surface area contributed by atoms with Crippen LogP contribution < -0.4 is 19.5 Å². The van der Waals surface area contributed by atoms with Crippen molar-refractivity contribution in [3.8, 4) is 17.2 Å². The zero-order valence-electron chi connectivity index (χ0n) is 13.5. The molecule has 0 heterocycles. The fourth-order valence-electron chi connectivity index (χ4n) is 2.06. The third kappa shape index (κ3) is 4.10. The van der Waals surface area contributed by atoms with E-state index in [0.29, 0.717) is 28.5 Å². The number of nitrogens with one attached hydrogen (secondary N) is 1. The number of benzene rings is 2. The molecule has 122 valence electrons. The highest BCUT2D eigenvalue weighted by molar-refractivity contribution is 7.98. The molecule has 2 aromatic carbocycles. The summed E-state index contributed by atoms with van der Waals surface area (Å²) in [5.41, 5.74) is 1.05. The van der Waals surface area contributed by atoms with Gasteiger partial charge in [-0.1, -0.05) is 0 Å². The van der Waals surface area contributed by atoms with E-state index in [9.17, 15) is 4.79 Å². The van der Waals surface area contributed by atoms with Crippen molar-refractivity contribution in [3.05, 3.63) is 42.0 Å². The molecule has 0 saturated carbocycles. The van der Waals surface area contributed by atoms with Crippen molar-refractivity contribution in [3.63, 3.8) is 0 Å². The average molecular weight is 333 g/mol. The molecule has 23 heavy (non-hydrogen) atoms. The molecule has 0 fully saturated rings. The largest absolute Gasteiger partial charge is 0.497 e. The number of methoxy groups -OCH3 is 3. The lowest BCUT2D eigenvalue weighted by molar-refractivity contribution is 0.102. The van der Waals surface area contributed by atoms with Gasteiger partial charge in [0.2, 0.25) is 0 Å². The van der Waals surface area contributed by atoms with Gasteiger partial charge in [0.1, 0.15) is 17.2 Å². The zero-order valence-corrected chi connectivity index (χ0v) is 14.3. The molecule has 0 aliphatic rings. The normalized spacial score (nSPS) is 10.1. The van der Waals surface area contributed by atoms with Gasteiger partial charge in [0.25, 0.3) is 5.91 Å². The Morgan fingerprint density at radius 3 is 2.13 bits per heavy atom. The average Bonchev–Trinajstić information content (AvgIpc) is 2.60. The number of carbonyl (C=O) groups excluding carboxylic acids is 1. The molecule has 0 aliphatic carbocycles. The second kappa shape index (κ2) is 7.78. The first kappa shape index (κ1) is 17.0. The molecule has 5 nitrogen and oxygen atoms in total. The second-order valence-corrected chi connectivity index (χ2v) is 5.50. The molecular formula is C17H19NO4S. The van der Waals surface area contributed by atoms with Gasteiger partial charge in [0.05, 0.1) is 26.9 Å². The SMILES string of the molecule is COc1cc(NC(=O)c2ccc(SC)cc2OC)cc(OC)c1. The minimum absolute atomic E-state index is 0.259. The van der Waals surface area contributed by atoms with E-state index in [1.54, 1.807) is 57.4 Å². The molecule has 0 aromatic heterocycles. The Kier molecular flexibility index (Phi) is 5.76. The molecule has 0 atom stereocenters. The summed E-state index contributed by atoms with van der Waals surface area (Å²) in [6, 6.07) is 10.7. The fraction of sp³-hybridized carbons (Fsp3) is 0.235. The van der Waals surface area contributed by atoms with Crippen LogP contribution in [0.1, 0.15) is 10.4 Å². The summed E-state index contributed by atoms with van der Waals surface area (Å²) in [7, 11) is 4.67. The van der Waals surface area contributed by atoms with Gasteiger partial charge < -0.3 is 19.5 Å². The van der Waals surface area contributed by atoms with Crippen LogP contribution in [0, 0.1) is 0 Å². The van der Waals surface area contributed by atoms with Crippen LogP contribution >= 0.6 is 11.8 Å². The number of rotatable bonds is 6. The van der Waals surface area contributed by atoms with E-state index in [1.165, 1.54) is 0 Å². The Hall–Kier alpha value is -2.34. The first-order valence-corrected chi connectivity index (χ1v) is 8.10. The van der Waals surface area contributed by atoms with E-state index in [4.69, 9.17) is 14.2 Å². The molecule has 0 unspecified atom stereocenters. The van der Waals surface area contributed by atoms with Crippen LogP contribution in [0.3, 0.4) is 0 Å². The summed E-state index contributed by atoms with van der Waals surface area (Å²) in [6.45, 7) is 0. The maximum atomic E-state index is 12.5. The number of amides is 1. The van der Waals surface area contributed by atoms with E-state index >= 15 is 0 Å². The van der Waals surface area contributed by atoms with Crippen molar-refractivity contribution in [2.24, 2.45) is 0 Å². The van der Waals surface area contributed by atoms with Crippen LogP contribution in [0.15, 0.2) is 41.3 Å². The maximum Gasteiger partial charge on any atom is 0.259 e. The molecule has 1 N–H and O–H groups in total. The van der Waals surface area contributed by atoms with Gasteiger partial charge in [-0.15, -0.1) is 11.8 Å². The van der Waals surface area contributed by atoms with Gasteiger partial charge >= 0.3 is 0 Å². The molecule has 0 aliphatic heterocycles. The van der Waals surface area contributed by atoms with Gasteiger partial charge in [-0.2, -0.15) is 0 Å². The van der Waals surface area contributed by atoms with Gasteiger partial charge in [-0.05, 0) is 24.5 Å². The molecule has 0 radical (unpaired) electrons. The van der Waals surface area contributed by atoms with E-state index in [0.717, 1.165) is 4.90 Å². The van der Waals surface area contributed by atoms with Gasteiger partial charge in [-0.3, -0.25) is 4.79 Å². The summed E-state index contributed by atoms with van der Waals surface area (Å²) >= 11 is 1.59. The number of hydrogen-bond acceptors (Lipinski definition) is 5. The quantitative estimate of drug-likeness (QED) is 0.817. The summed E-state index contributed by atoms with van der Waals surface area (Å²) in [5.74, 6) is 1.47. The number of carbonyl (C=O) groups is 1. The summed E-state index contributed by atoms with van der Waals surface area (Å²) < 4.78 is 15.7. The highest BCUT2D eigenvalue weighted by Crippen LogP contribution is 2.28. The Labute approximate surface area is 139 Å². The van der Waals surface area contributed by atoms with Gasteiger partial charge in [-0.25, -0.2) is 0 Å². The van der Waals surface area contributed by atoms with Crippen LogP contribution in [0.5, 0.6) is 17.2 Å². The van der Waals surface area contributed by atoms with Crippen LogP contribution in [0.25, 0.3) is 0 Å². The lowest BCUT2D eigenvalue weighted by Crippen LogP contribution is -2.13. The van der Waals surface area contributed by atoms with Crippen molar-refractivity contribution >= 4 is 23.4 Å². The smallest absolute Gasteiger partial charge is 0.259 e. The predicted octanol–water partition coefficient (Wildman–Crippen LogP) is 3.69. The Bertz CT molecular complexity index is 681. The molecule has 0 spiro atoms. The molecule has 6 heteroatoms. The standard InChI is InChI=1S/C17H19NO4S/c1-20-12-7-11(8-13(9-12)21-2)18-17(19)15-6-5-14(23-4)10-16(15)22-3/h5-10H,1-4H3,(H,18,19). The Morgan fingerprint density at radius 1 is 0.957 bits per heavy atom. The molecule has 0 bridgehead atoms. The van der Waals surface area contributed by atoms with Crippen LogP contribution in [-0.2, 0) is 0 Å². The minimum Gasteiger partial charge on any atom is -0.497 e. The lowest BCUT2D eigenvalue weighted by atomic mass is 10.1. The molecule has 0 saturated heterocycles. The lowest BCUT2D eigenvalue weighted by Gasteiger charge is -2.12. The number of anilines is 1. The molecule has 2 aromatic rings. The predicted molar refractivity (Wildman–Crippen MR) is 92.3 cm³/mol. The third-order valence-corrected chi connectivity index (χ3v) is 3.99. The highest BCUT2D eigenvalue weighted by Gasteiger charge is 2.14. The van der Waals surface area contributed by atoms with Crippen molar-refractivity contribution in [1.29, 1.82) is 0 Å². The molecule has 2 rings (SSSR count). The first-order valence-electron chi connectivity index (χ1n) is 6.87. The van der Waals surface area contributed by atoms with E-state index in [2.05, 4.69) is 5.32 Å². The van der Waals surface area contributed by atoms with Crippen molar-refractivity contribution < 1.29 is 19.0 Å². The highest BCUT2D eigenvalue weighted by atomic mass is 32.2. The minimum atomic E-state index is -0.259. The Balaban J connectivity index is 2.28. The van der Waals surface area contributed by atoms with Crippen LogP contribution in [-0.4, -0.2) is 33.5 Å². The molecular weight excluding hydrogens is 314 g/mol. The summed E-state index contributed by atoms with van der Waals surface area (Å²) in [4.78, 5) is 13.5. The number of hydrogen-bond donors (Lipinski definition) is 1. The summed E-state index contributed by atoms with van der Waals surface area (Å²) in [5, 5.41) is 2.83. The number of ether oxygens (including phenoxy) is 3. The maximum absolute atomic E-state index is 12.5. The van der Waals surface area contributed by atoms with Crippen molar-refractivity contribution in [1.82, 2.24) is 0 Å². The topological polar surface area (TPSA) is 56.8 Å². The van der Waals surface area contributed by atoms with E-state index in [1.807, 2.05) is 18.4 Å². The first-order chi connectivity index (χ1) is 11.1. The van der Waals surface area contributed by atoms with E-state index in [-0.39, 0.29) is 5.91 Å². The van der Waals surface area contributed by atoms with Gasteiger partial charge in [0.15, 0.2) is 0 Å². The van der Waals surface area contributed by atoms with Gasteiger partial charge in [0, 0.05) is 28.8 Å². The second-order valence-electron chi connectivity index (χ2n) is 4.62. The van der Waals surface area contributed by atoms with Crippen LogP contribution in [0.4, 0.5) is 5.69 Å². The van der Waals surface area contributed by atoms with E-state index < -0.39 is 0 Å². The monoisotopic (exact) mass is 333 g/mol. The van der Waals surface area contributed by atoms with Crippen molar-refractivity contribution in [2.75, 3.05) is 32.9 Å². The fourth-order valence-corrected chi connectivity index (χ4v) is 2.49.